The number of halogens is 1. The van der Waals surface area contributed by atoms with Crippen molar-refractivity contribution in [2.24, 2.45) is 0 Å². The number of ether oxygens (including phenoxy) is 1. The minimum absolute atomic E-state index is 0.0122. The Morgan fingerprint density at radius 2 is 2.21 bits per heavy atom. The summed E-state index contributed by atoms with van der Waals surface area (Å²) in [5.74, 6) is -0.975. The van der Waals surface area contributed by atoms with E-state index in [2.05, 4.69) is 26.0 Å². The number of aryl methyl sites for hydroxylation is 1. The highest BCUT2D eigenvalue weighted by atomic mass is 19.1. The molecule has 0 spiro atoms. The van der Waals surface area contributed by atoms with Crippen LogP contribution in [-0.4, -0.2) is 39.5 Å². The molecule has 1 fully saturated rings. The minimum Gasteiger partial charge on any atom is -0.446 e. The number of rotatable bonds is 6. The molecule has 2 aromatic rings. The predicted molar refractivity (Wildman–Crippen MR) is 97.3 cm³/mol. The SMILES string of the molecule is Cc1cc(CC(=O)Nc2n[nH]c([C@@H]3CC[C@H](OC(=O)NC(C)C)C3)c2F)on1. The molecule has 1 aliphatic carbocycles. The van der Waals surface area contributed by atoms with Crippen molar-refractivity contribution in [2.75, 3.05) is 5.32 Å². The van der Waals surface area contributed by atoms with Crippen LogP contribution in [0.3, 0.4) is 0 Å². The Morgan fingerprint density at radius 3 is 2.89 bits per heavy atom. The van der Waals surface area contributed by atoms with Crippen LogP contribution in [0.5, 0.6) is 0 Å². The summed E-state index contributed by atoms with van der Waals surface area (Å²) in [7, 11) is 0. The lowest BCUT2D eigenvalue weighted by molar-refractivity contribution is -0.115. The third kappa shape index (κ3) is 4.87. The molecule has 0 bridgehead atoms. The minimum atomic E-state index is -0.598. The average molecular weight is 393 g/mol. The summed E-state index contributed by atoms with van der Waals surface area (Å²) < 4.78 is 25.0. The average Bonchev–Trinajstić information content (AvgIpc) is 3.29. The normalized spacial score (nSPS) is 19.0. The number of hydrogen-bond donors (Lipinski definition) is 3. The van der Waals surface area contributed by atoms with Crippen molar-refractivity contribution in [3.8, 4) is 0 Å². The van der Waals surface area contributed by atoms with E-state index in [1.807, 2.05) is 13.8 Å². The number of carbonyl (C=O) groups is 2. The van der Waals surface area contributed by atoms with Gasteiger partial charge in [0, 0.05) is 18.0 Å². The van der Waals surface area contributed by atoms with Crippen molar-refractivity contribution < 1.29 is 23.2 Å². The summed E-state index contributed by atoms with van der Waals surface area (Å²) in [5.41, 5.74) is 0.970. The molecule has 0 aromatic carbocycles. The third-order valence-electron chi connectivity index (χ3n) is 4.47. The van der Waals surface area contributed by atoms with Crippen molar-refractivity contribution in [1.82, 2.24) is 20.7 Å². The number of aromatic nitrogens is 3. The highest BCUT2D eigenvalue weighted by Crippen LogP contribution is 2.37. The monoisotopic (exact) mass is 393 g/mol. The van der Waals surface area contributed by atoms with Crippen LogP contribution in [0.25, 0.3) is 0 Å². The number of anilines is 1. The summed E-state index contributed by atoms with van der Waals surface area (Å²) in [5, 5.41) is 15.3. The predicted octanol–water partition coefficient (Wildman–Crippen LogP) is 2.80. The lowest BCUT2D eigenvalue weighted by atomic mass is 10.0. The van der Waals surface area contributed by atoms with Gasteiger partial charge in [0.15, 0.2) is 11.6 Å². The van der Waals surface area contributed by atoms with E-state index in [0.717, 1.165) is 0 Å². The van der Waals surface area contributed by atoms with E-state index in [0.29, 0.717) is 36.4 Å². The van der Waals surface area contributed by atoms with Gasteiger partial charge in [-0.25, -0.2) is 9.18 Å². The number of nitrogens with zero attached hydrogens (tertiary/aromatic N) is 2. The fraction of sp³-hybridized carbons (Fsp3) is 0.556. The molecular weight excluding hydrogens is 369 g/mol. The molecule has 2 atom stereocenters. The molecule has 0 aliphatic heterocycles. The molecule has 2 heterocycles. The second-order valence-electron chi connectivity index (χ2n) is 7.30. The number of aromatic amines is 1. The van der Waals surface area contributed by atoms with E-state index < -0.39 is 17.8 Å². The Hall–Kier alpha value is -2.91. The molecule has 28 heavy (non-hydrogen) atoms. The molecule has 1 aliphatic rings. The Balaban J connectivity index is 1.56. The van der Waals surface area contributed by atoms with Gasteiger partial charge >= 0.3 is 6.09 Å². The van der Waals surface area contributed by atoms with Gasteiger partial charge in [-0.15, -0.1) is 0 Å². The topological polar surface area (TPSA) is 122 Å². The number of alkyl carbamates (subject to hydrolysis) is 1. The fourth-order valence-electron chi connectivity index (χ4n) is 3.26. The molecule has 0 radical (unpaired) electrons. The maximum Gasteiger partial charge on any atom is 0.407 e. The highest BCUT2D eigenvalue weighted by Gasteiger charge is 2.32. The van der Waals surface area contributed by atoms with Crippen LogP contribution in [0.4, 0.5) is 15.0 Å². The first kappa shape index (κ1) is 19.8. The summed E-state index contributed by atoms with van der Waals surface area (Å²) in [6.45, 7) is 5.44. The second kappa shape index (κ2) is 8.41. The van der Waals surface area contributed by atoms with Crippen LogP contribution >= 0.6 is 0 Å². The summed E-state index contributed by atoms with van der Waals surface area (Å²) in [6, 6.07) is 1.63. The van der Waals surface area contributed by atoms with Gasteiger partial charge in [-0.2, -0.15) is 5.10 Å². The molecule has 3 rings (SSSR count). The number of carbonyl (C=O) groups excluding carboxylic acids is 2. The van der Waals surface area contributed by atoms with Crippen LogP contribution in [0, 0.1) is 12.7 Å². The van der Waals surface area contributed by atoms with Gasteiger partial charge < -0.3 is 19.9 Å². The molecule has 0 unspecified atom stereocenters. The van der Waals surface area contributed by atoms with Gasteiger partial charge in [-0.3, -0.25) is 9.89 Å². The van der Waals surface area contributed by atoms with Gasteiger partial charge in [0.2, 0.25) is 5.91 Å². The molecule has 1 saturated carbocycles. The van der Waals surface area contributed by atoms with Crippen molar-refractivity contribution in [1.29, 1.82) is 0 Å². The van der Waals surface area contributed by atoms with E-state index in [4.69, 9.17) is 9.26 Å². The van der Waals surface area contributed by atoms with Crippen LogP contribution in [-0.2, 0) is 16.0 Å². The van der Waals surface area contributed by atoms with Gasteiger partial charge in [0.05, 0.1) is 17.8 Å². The highest BCUT2D eigenvalue weighted by molar-refractivity contribution is 5.91. The Morgan fingerprint density at radius 1 is 1.43 bits per heavy atom. The largest absolute Gasteiger partial charge is 0.446 e. The zero-order chi connectivity index (χ0) is 20.3. The summed E-state index contributed by atoms with van der Waals surface area (Å²) >= 11 is 0. The smallest absolute Gasteiger partial charge is 0.407 e. The van der Waals surface area contributed by atoms with Gasteiger partial charge in [-0.1, -0.05) is 5.16 Å². The Labute approximate surface area is 161 Å². The Bertz CT molecular complexity index is 847. The maximum atomic E-state index is 14.7. The lowest BCUT2D eigenvalue weighted by Crippen LogP contribution is -2.33. The van der Waals surface area contributed by atoms with E-state index >= 15 is 0 Å². The van der Waals surface area contributed by atoms with Crippen LogP contribution in [0.15, 0.2) is 10.6 Å². The number of H-pyrrole nitrogens is 1. The maximum absolute atomic E-state index is 14.7. The zero-order valence-corrected chi connectivity index (χ0v) is 16.0. The van der Waals surface area contributed by atoms with Crippen LogP contribution in [0.1, 0.15) is 56.2 Å². The van der Waals surface area contributed by atoms with Gasteiger partial charge in [0.1, 0.15) is 11.9 Å². The summed E-state index contributed by atoms with van der Waals surface area (Å²) in [6.07, 6.45) is 0.979. The van der Waals surface area contributed by atoms with Gasteiger partial charge in [-0.05, 0) is 40.0 Å². The lowest BCUT2D eigenvalue weighted by Gasteiger charge is -2.14. The molecule has 0 saturated heterocycles. The summed E-state index contributed by atoms with van der Waals surface area (Å²) in [4.78, 5) is 23.8. The molecule has 152 valence electrons. The molecule has 2 aromatic heterocycles. The van der Waals surface area contributed by atoms with Crippen molar-refractivity contribution in [2.45, 2.75) is 64.5 Å². The van der Waals surface area contributed by atoms with Crippen molar-refractivity contribution >= 4 is 17.8 Å². The first-order chi connectivity index (χ1) is 13.3. The fourth-order valence-corrected chi connectivity index (χ4v) is 3.26. The van der Waals surface area contributed by atoms with E-state index in [-0.39, 0.29) is 30.3 Å². The van der Waals surface area contributed by atoms with Crippen LogP contribution < -0.4 is 10.6 Å². The van der Waals surface area contributed by atoms with Crippen molar-refractivity contribution in [3.05, 3.63) is 29.0 Å². The quantitative estimate of drug-likeness (QED) is 0.694. The Kier molecular flexibility index (Phi) is 5.96. The molecule has 10 heteroatoms. The number of nitrogens with one attached hydrogen (secondary N) is 3. The standard InChI is InChI=1S/C18H24FN5O4/c1-9(2)20-18(26)27-12-5-4-11(7-12)16-15(19)17(23-22-16)21-14(25)8-13-6-10(3)24-28-13/h6,9,11-12H,4-5,7-8H2,1-3H3,(H,20,26)(H2,21,22,23,25)/t11-,12+/m1/s1. The first-order valence-corrected chi connectivity index (χ1v) is 9.24. The molecule has 2 amide bonds. The molecule has 9 nitrogen and oxygen atoms in total. The van der Waals surface area contributed by atoms with Crippen molar-refractivity contribution in [3.63, 3.8) is 0 Å². The third-order valence-corrected chi connectivity index (χ3v) is 4.47. The zero-order valence-electron chi connectivity index (χ0n) is 16.0. The molecule has 3 N–H and O–H groups in total. The number of amides is 2. The van der Waals surface area contributed by atoms with E-state index in [1.165, 1.54) is 0 Å². The first-order valence-electron chi connectivity index (χ1n) is 9.24. The van der Waals surface area contributed by atoms with Gasteiger partial charge in [0.25, 0.3) is 0 Å². The van der Waals surface area contributed by atoms with E-state index in [9.17, 15) is 14.0 Å². The molecular formula is C18H24FN5O4. The van der Waals surface area contributed by atoms with Crippen LogP contribution in [0.2, 0.25) is 0 Å². The second-order valence-corrected chi connectivity index (χ2v) is 7.30. The van der Waals surface area contributed by atoms with E-state index in [1.54, 1.807) is 13.0 Å². The number of hydrogen-bond acceptors (Lipinski definition) is 6.